The number of carbonyl (C=O) groups excluding carboxylic acids is 1. The summed E-state index contributed by atoms with van der Waals surface area (Å²) in [5.41, 5.74) is 1.32. The van der Waals surface area contributed by atoms with E-state index in [0.29, 0.717) is 0 Å². The van der Waals surface area contributed by atoms with Gasteiger partial charge in [-0.25, -0.2) is 0 Å². The maximum Gasteiger partial charge on any atom is 0.0506 e. The van der Waals surface area contributed by atoms with Crippen molar-refractivity contribution in [2.45, 2.75) is 51.4 Å². The lowest BCUT2D eigenvalue weighted by Crippen LogP contribution is -2.21. The second kappa shape index (κ2) is 11.5. The molecule has 0 saturated carbocycles. The van der Waals surface area contributed by atoms with Gasteiger partial charge in [0.15, 0.2) is 0 Å². The molecule has 3 nitrogen and oxygen atoms in total. The van der Waals surface area contributed by atoms with Gasteiger partial charge in [0, 0.05) is 12.6 Å². The molecule has 0 aliphatic heterocycles. The molecule has 0 radical (unpaired) electrons. The monoisotopic (exact) mass is 277 g/mol. The average Bonchev–Trinajstić information content (AvgIpc) is 2.45. The lowest BCUT2D eigenvalue weighted by Gasteiger charge is -2.05. The highest BCUT2D eigenvalue weighted by Gasteiger charge is 1.94. The van der Waals surface area contributed by atoms with Crippen LogP contribution in [-0.2, 0) is 16.0 Å². The smallest absolute Gasteiger partial charge is 0.0506 e. The summed E-state index contributed by atoms with van der Waals surface area (Å²) < 4.78 is 5.61. The molecule has 0 aliphatic carbocycles. The van der Waals surface area contributed by atoms with Crippen molar-refractivity contribution in [1.82, 2.24) is 0 Å². The van der Waals surface area contributed by atoms with Crippen molar-refractivity contribution in [1.29, 1.82) is 0 Å². The zero-order chi connectivity index (χ0) is 14.5. The van der Waals surface area contributed by atoms with E-state index in [9.17, 15) is 9.90 Å². The highest BCUT2D eigenvalue weighted by molar-refractivity contribution is 5.63. The fraction of sp³-hybridized carbons (Fsp3) is 0.588. The zero-order valence-electron chi connectivity index (χ0n) is 12.2. The summed E-state index contributed by atoms with van der Waals surface area (Å²) in [5.74, 6) is -0.934. The van der Waals surface area contributed by atoms with Gasteiger partial charge in [-0.05, 0) is 31.2 Å². The minimum atomic E-state index is -0.934. The van der Waals surface area contributed by atoms with Crippen LogP contribution < -0.4 is 5.11 Å². The first-order valence-corrected chi connectivity index (χ1v) is 7.60. The van der Waals surface area contributed by atoms with E-state index in [2.05, 4.69) is 24.3 Å². The number of ether oxygens (including phenoxy) is 1. The molecule has 0 unspecified atom stereocenters. The van der Waals surface area contributed by atoms with Crippen molar-refractivity contribution >= 4 is 5.97 Å². The minimum absolute atomic E-state index is 0.197. The van der Waals surface area contributed by atoms with E-state index in [0.717, 1.165) is 58.2 Å². The van der Waals surface area contributed by atoms with E-state index in [-0.39, 0.29) is 6.42 Å². The molecule has 3 heteroatoms. The zero-order valence-corrected chi connectivity index (χ0v) is 12.2. The van der Waals surface area contributed by atoms with Gasteiger partial charge >= 0.3 is 0 Å². The van der Waals surface area contributed by atoms with Crippen molar-refractivity contribution < 1.29 is 14.6 Å². The van der Waals surface area contributed by atoms with Gasteiger partial charge in [-0.3, -0.25) is 0 Å². The molecule has 20 heavy (non-hydrogen) atoms. The molecule has 0 amide bonds. The number of carbonyl (C=O) groups is 1. The molecule has 0 fully saturated rings. The third-order valence-electron chi connectivity index (χ3n) is 3.30. The third-order valence-corrected chi connectivity index (χ3v) is 3.30. The molecule has 0 spiro atoms. The van der Waals surface area contributed by atoms with Crippen LogP contribution in [0.15, 0.2) is 30.3 Å². The van der Waals surface area contributed by atoms with Gasteiger partial charge in [0.2, 0.25) is 0 Å². The molecule has 0 aromatic heterocycles. The van der Waals surface area contributed by atoms with Crippen LogP contribution in [0.25, 0.3) is 0 Å². The number of hydrogen-bond donors (Lipinski definition) is 0. The molecule has 112 valence electrons. The van der Waals surface area contributed by atoms with E-state index in [1.807, 2.05) is 6.07 Å². The largest absolute Gasteiger partial charge is 0.550 e. The Morgan fingerprint density at radius 1 is 0.900 bits per heavy atom. The molecule has 0 atom stereocenters. The van der Waals surface area contributed by atoms with Crippen molar-refractivity contribution in [3.05, 3.63) is 35.9 Å². The standard InChI is InChI=1S/C17H26O3/c18-17(19)12-8-3-1-2-4-9-14-20-15-13-16-10-6-5-7-11-16/h5-7,10-11H,1-4,8-9,12-15H2,(H,18,19)/p-1. The Bertz CT molecular complexity index is 349. The fourth-order valence-corrected chi connectivity index (χ4v) is 2.12. The molecule has 1 rings (SSSR count). The predicted molar refractivity (Wildman–Crippen MR) is 78.3 cm³/mol. The Morgan fingerprint density at radius 3 is 2.25 bits per heavy atom. The number of aliphatic carboxylic acids is 1. The Hall–Kier alpha value is -1.35. The quantitative estimate of drug-likeness (QED) is 0.552. The fourth-order valence-electron chi connectivity index (χ4n) is 2.12. The SMILES string of the molecule is O=C([O-])CCCCCCCCOCCc1ccccc1. The van der Waals surface area contributed by atoms with E-state index < -0.39 is 5.97 Å². The number of benzene rings is 1. The number of carboxylic acids is 1. The van der Waals surface area contributed by atoms with Crippen LogP contribution in [0.2, 0.25) is 0 Å². The van der Waals surface area contributed by atoms with Gasteiger partial charge in [0.25, 0.3) is 0 Å². The summed E-state index contributed by atoms with van der Waals surface area (Å²) >= 11 is 0. The maximum absolute atomic E-state index is 10.2. The highest BCUT2D eigenvalue weighted by atomic mass is 16.5. The molecule has 1 aromatic carbocycles. The van der Waals surface area contributed by atoms with Crippen LogP contribution in [0.1, 0.15) is 50.5 Å². The van der Waals surface area contributed by atoms with Gasteiger partial charge < -0.3 is 14.6 Å². The van der Waals surface area contributed by atoms with Gasteiger partial charge in [-0.2, -0.15) is 0 Å². The average molecular weight is 277 g/mol. The second-order valence-corrected chi connectivity index (χ2v) is 5.09. The summed E-state index contributed by atoms with van der Waals surface area (Å²) in [7, 11) is 0. The molecule has 0 N–H and O–H groups in total. The normalized spacial score (nSPS) is 10.6. The summed E-state index contributed by atoms with van der Waals surface area (Å²) in [6.07, 6.45) is 7.43. The topological polar surface area (TPSA) is 49.4 Å². The van der Waals surface area contributed by atoms with E-state index >= 15 is 0 Å². The summed E-state index contributed by atoms with van der Waals surface area (Å²) in [4.78, 5) is 10.2. The van der Waals surface area contributed by atoms with Gasteiger partial charge in [0.05, 0.1) is 6.61 Å². The molecular formula is C17H25O3-. The first-order chi connectivity index (χ1) is 9.79. The van der Waals surface area contributed by atoms with Gasteiger partial charge in [-0.15, -0.1) is 0 Å². The molecule has 0 bridgehead atoms. The number of hydrogen-bond acceptors (Lipinski definition) is 3. The van der Waals surface area contributed by atoms with Crippen molar-refractivity contribution in [2.24, 2.45) is 0 Å². The number of rotatable bonds is 12. The lowest BCUT2D eigenvalue weighted by molar-refractivity contribution is -0.305. The van der Waals surface area contributed by atoms with Crippen molar-refractivity contribution in [2.75, 3.05) is 13.2 Å². The number of unbranched alkanes of at least 4 members (excludes halogenated alkanes) is 5. The first-order valence-electron chi connectivity index (χ1n) is 7.60. The highest BCUT2D eigenvalue weighted by Crippen LogP contribution is 2.07. The predicted octanol–water partition coefficient (Wildman–Crippen LogP) is 2.73. The molecular weight excluding hydrogens is 252 g/mol. The van der Waals surface area contributed by atoms with Crippen LogP contribution in [0.5, 0.6) is 0 Å². The van der Waals surface area contributed by atoms with E-state index in [4.69, 9.17) is 4.74 Å². The Morgan fingerprint density at radius 2 is 1.55 bits per heavy atom. The van der Waals surface area contributed by atoms with Crippen LogP contribution in [0.4, 0.5) is 0 Å². The molecule has 1 aromatic rings. The van der Waals surface area contributed by atoms with Gasteiger partial charge in [0.1, 0.15) is 0 Å². The van der Waals surface area contributed by atoms with Crippen molar-refractivity contribution in [3.8, 4) is 0 Å². The minimum Gasteiger partial charge on any atom is -0.550 e. The molecule has 0 saturated heterocycles. The summed E-state index contributed by atoms with van der Waals surface area (Å²) in [6.45, 7) is 1.61. The summed E-state index contributed by atoms with van der Waals surface area (Å²) in [5, 5.41) is 10.2. The maximum atomic E-state index is 10.2. The van der Waals surface area contributed by atoms with E-state index in [1.165, 1.54) is 5.56 Å². The third kappa shape index (κ3) is 9.56. The van der Waals surface area contributed by atoms with E-state index in [1.54, 1.807) is 0 Å². The lowest BCUT2D eigenvalue weighted by atomic mass is 10.1. The Labute approximate surface area is 122 Å². The van der Waals surface area contributed by atoms with Crippen molar-refractivity contribution in [3.63, 3.8) is 0 Å². The molecule has 0 aliphatic rings. The van der Waals surface area contributed by atoms with Crippen LogP contribution in [0, 0.1) is 0 Å². The van der Waals surface area contributed by atoms with Crippen LogP contribution in [-0.4, -0.2) is 19.2 Å². The summed E-state index contributed by atoms with van der Waals surface area (Å²) in [6, 6.07) is 10.4. The van der Waals surface area contributed by atoms with Crippen LogP contribution in [0.3, 0.4) is 0 Å². The van der Waals surface area contributed by atoms with Gasteiger partial charge in [-0.1, -0.05) is 56.0 Å². The Balaban J connectivity index is 1.80. The number of carboxylic acid groups (broad SMARTS) is 1. The second-order valence-electron chi connectivity index (χ2n) is 5.09. The first kappa shape index (κ1) is 16.7. The Kier molecular flexibility index (Phi) is 9.58. The molecule has 0 heterocycles. The van der Waals surface area contributed by atoms with Crippen LogP contribution >= 0.6 is 0 Å².